The topological polar surface area (TPSA) is 87.9 Å². The van der Waals surface area contributed by atoms with Crippen molar-refractivity contribution in [2.75, 3.05) is 36.0 Å². The first kappa shape index (κ1) is 31.9. The summed E-state index contributed by atoms with van der Waals surface area (Å²) in [5, 5.41) is 7.09. The smallest absolute Gasteiger partial charge is 0.151 e. The lowest BCUT2D eigenvalue weighted by Crippen LogP contribution is -2.27. The summed E-state index contributed by atoms with van der Waals surface area (Å²) < 4.78 is 32.8. The number of hydrogen-bond donors (Lipinski definition) is 4. The maximum Gasteiger partial charge on any atom is 0.151 e. The summed E-state index contributed by atoms with van der Waals surface area (Å²) in [6.45, 7) is 3.22. The number of fused-ring (bicyclic) bond motifs is 2. The van der Waals surface area contributed by atoms with Crippen LogP contribution >= 0.6 is 0 Å². The summed E-state index contributed by atoms with van der Waals surface area (Å²) in [5.41, 5.74) is 7.93. The highest BCUT2D eigenvalue weighted by Crippen LogP contribution is 2.49. The van der Waals surface area contributed by atoms with Crippen molar-refractivity contribution in [1.29, 1.82) is 0 Å². The fraction of sp³-hybridized carbons (Fsp3) is 0.381. The van der Waals surface area contributed by atoms with Gasteiger partial charge < -0.3 is 30.4 Å². The van der Waals surface area contributed by atoms with Crippen LogP contribution in [0.3, 0.4) is 0 Å². The van der Waals surface area contributed by atoms with E-state index in [1.54, 1.807) is 12.1 Å². The lowest BCUT2D eigenvalue weighted by atomic mass is 9.99. The maximum absolute atomic E-state index is 16.4. The predicted molar refractivity (Wildman–Crippen MR) is 202 cm³/mol. The molecule has 5 atom stereocenters. The molecule has 0 spiro atoms. The summed E-state index contributed by atoms with van der Waals surface area (Å²) in [5.74, 6) is 1.17. The molecule has 266 valence electrons. The van der Waals surface area contributed by atoms with E-state index in [-0.39, 0.29) is 35.8 Å². The highest BCUT2D eigenvalue weighted by Gasteiger charge is 2.38. The molecule has 6 aromatic rings. The lowest BCUT2D eigenvalue weighted by molar-refractivity contribution is 0.572. The predicted octanol–water partition coefficient (Wildman–Crippen LogP) is 8.64. The van der Waals surface area contributed by atoms with E-state index in [0.29, 0.717) is 18.8 Å². The molecule has 10 heteroatoms. The lowest BCUT2D eigenvalue weighted by Gasteiger charge is -2.34. The number of nitrogens with one attached hydrogen (secondary N) is 4. The number of aromatic amines is 2. The first-order valence-corrected chi connectivity index (χ1v) is 19.1. The number of benzene rings is 4. The fourth-order valence-corrected chi connectivity index (χ4v) is 9.46. The van der Waals surface area contributed by atoms with Crippen LogP contribution in [0.5, 0.6) is 0 Å². The van der Waals surface area contributed by atoms with Crippen LogP contribution in [0.2, 0.25) is 0 Å². The monoisotopic (exact) mass is 698 g/mol. The van der Waals surface area contributed by atoms with Crippen molar-refractivity contribution in [1.82, 2.24) is 30.6 Å². The Labute approximate surface area is 302 Å². The van der Waals surface area contributed by atoms with E-state index in [2.05, 4.69) is 74.0 Å². The zero-order chi connectivity index (χ0) is 34.8. The molecule has 8 nitrogen and oxygen atoms in total. The average Bonchev–Trinajstić information content (AvgIpc) is 4.02. The van der Waals surface area contributed by atoms with Crippen LogP contribution < -0.4 is 20.4 Å². The Kier molecular flexibility index (Phi) is 7.98. The molecule has 0 amide bonds. The van der Waals surface area contributed by atoms with Crippen molar-refractivity contribution in [3.8, 4) is 0 Å². The van der Waals surface area contributed by atoms with Crippen LogP contribution in [0, 0.1) is 11.6 Å². The van der Waals surface area contributed by atoms with Crippen molar-refractivity contribution < 1.29 is 8.78 Å². The zero-order valence-electron chi connectivity index (χ0n) is 29.2. The molecule has 4 N–H and O–H groups in total. The minimum absolute atomic E-state index is 0.0772. The van der Waals surface area contributed by atoms with Crippen molar-refractivity contribution in [2.45, 2.75) is 75.0 Å². The molecule has 0 bridgehead atoms. The number of hydrogen-bond acceptors (Lipinski definition) is 6. The molecule has 4 aliphatic heterocycles. The third kappa shape index (κ3) is 5.63. The standard InChI is InChI=1S/C42H44F2N8/c43-30-22-29(23-31(44)40(30)51-19-16-28(24-51)25-6-2-1-3-7-25)52-38(26-10-12-32-36(20-26)49-41(47-32)34-8-4-17-45-34)14-15-39(52)27-11-13-33-37(21-27)50-42(48-33)35-9-5-18-46-35/h1-3,6-7,10-13,20-23,28,34-35,38-39,45-46H,4-5,8-9,14-19,24H2,(H,47,49)(H,48,50)/t28-,34+,35+,38-,39-/m1/s1. The van der Waals surface area contributed by atoms with Gasteiger partial charge in [-0.15, -0.1) is 0 Å². The van der Waals surface area contributed by atoms with Gasteiger partial charge in [-0.1, -0.05) is 42.5 Å². The molecule has 52 heavy (non-hydrogen) atoms. The van der Waals surface area contributed by atoms with E-state index >= 15 is 8.78 Å². The second kappa shape index (κ2) is 13.0. The molecular weight excluding hydrogens is 655 g/mol. The number of rotatable bonds is 7. The van der Waals surface area contributed by atoms with Gasteiger partial charge >= 0.3 is 0 Å². The van der Waals surface area contributed by atoms with Crippen LogP contribution in [-0.4, -0.2) is 46.1 Å². The molecule has 4 saturated heterocycles. The summed E-state index contributed by atoms with van der Waals surface area (Å²) >= 11 is 0. The molecule has 0 radical (unpaired) electrons. The number of anilines is 2. The molecule has 0 unspecified atom stereocenters. The minimum Gasteiger partial charge on any atom is -0.366 e. The average molecular weight is 699 g/mol. The second-order valence-electron chi connectivity index (χ2n) is 15.2. The summed E-state index contributed by atoms with van der Waals surface area (Å²) in [4.78, 5) is 21.1. The van der Waals surface area contributed by atoms with Crippen molar-refractivity contribution in [3.63, 3.8) is 0 Å². The van der Waals surface area contributed by atoms with E-state index in [1.165, 1.54) is 5.56 Å². The second-order valence-corrected chi connectivity index (χ2v) is 15.2. The van der Waals surface area contributed by atoms with Gasteiger partial charge in [-0.25, -0.2) is 18.7 Å². The highest BCUT2D eigenvalue weighted by molar-refractivity contribution is 5.78. The normalized spacial score (nSPS) is 25.0. The number of halogens is 2. The van der Waals surface area contributed by atoms with Gasteiger partial charge in [0.1, 0.15) is 17.3 Å². The van der Waals surface area contributed by atoms with E-state index in [1.807, 2.05) is 23.1 Å². The Balaban J connectivity index is 1.01. The van der Waals surface area contributed by atoms with Crippen LogP contribution in [0.1, 0.15) is 103 Å². The van der Waals surface area contributed by atoms with Crippen molar-refractivity contribution in [3.05, 3.63) is 119 Å². The van der Waals surface area contributed by atoms with E-state index in [0.717, 1.165) is 103 Å². The molecule has 4 aromatic carbocycles. The Morgan fingerprint density at radius 3 is 1.73 bits per heavy atom. The molecule has 2 aromatic heterocycles. The van der Waals surface area contributed by atoms with E-state index < -0.39 is 11.6 Å². The summed E-state index contributed by atoms with van der Waals surface area (Å²) in [7, 11) is 0. The Hall–Kier alpha value is -4.80. The van der Waals surface area contributed by atoms with Crippen LogP contribution in [0.15, 0.2) is 78.9 Å². The van der Waals surface area contributed by atoms with Gasteiger partial charge in [-0.05, 0) is 111 Å². The summed E-state index contributed by atoms with van der Waals surface area (Å²) in [6, 6.07) is 26.6. The third-order valence-electron chi connectivity index (χ3n) is 12.1. The van der Waals surface area contributed by atoms with Crippen molar-refractivity contribution >= 4 is 33.4 Å². The molecular formula is C42H44F2N8. The SMILES string of the molecule is Fc1cc(N2[C@@H](c3ccc4nc([C@@H]5CCCN5)[nH]c4c3)CC[C@@H]2c2ccc3nc([C@@H]4CCCN4)[nH]c3c2)cc(F)c1N1CC[C@@H](c2ccccc2)C1. The van der Waals surface area contributed by atoms with Crippen molar-refractivity contribution in [2.24, 2.45) is 0 Å². The molecule has 0 aliphatic carbocycles. The number of H-pyrrole nitrogens is 2. The maximum atomic E-state index is 16.4. The van der Waals surface area contributed by atoms with Gasteiger partial charge in [0.25, 0.3) is 0 Å². The Morgan fingerprint density at radius 1 is 0.615 bits per heavy atom. The fourth-order valence-electron chi connectivity index (χ4n) is 9.46. The van der Waals surface area contributed by atoms with Gasteiger partial charge in [-0.2, -0.15) is 0 Å². The molecule has 10 rings (SSSR count). The third-order valence-corrected chi connectivity index (χ3v) is 12.1. The summed E-state index contributed by atoms with van der Waals surface area (Å²) in [6.07, 6.45) is 6.98. The van der Waals surface area contributed by atoms with Crippen LogP contribution in [0.25, 0.3) is 22.1 Å². The first-order valence-electron chi connectivity index (χ1n) is 19.1. The molecule has 4 aliphatic rings. The van der Waals surface area contributed by atoms with Crippen LogP contribution in [-0.2, 0) is 0 Å². The minimum atomic E-state index is -0.511. The number of nitrogens with zero attached hydrogens (tertiary/aromatic N) is 4. The highest BCUT2D eigenvalue weighted by atomic mass is 19.1. The van der Waals surface area contributed by atoms with Gasteiger partial charge in [0.15, 0.2) is 11.6 Å². The quantitative estimate of drug-likeness (QED) is 0.134. The van der Waals surface area contributed by atoms with Crippen LogP contribution in [0.4, 0.5) is 20.2 Å². The van der Waals surface area contributed by atoms with Gasteiger partial charge in [0.2, 0.25) is 0 Å². The number of imidazole rings is 2. The Morgan fingerprint density at radius 2 is 1.19 bits per heavy atom. The largest absolute Gasteiger partial charge is 0.366 e. The Bertz CT molecular complexity index is 2110. The zero-order valence-corrected chi connectivity index (χ0v) is 29.2. The van der Waals surface area contributed by atoms with Gasteiger partial charge in [-0.3, -0.25) is 0 Å². The first-order chi connectivity index (χ1) is 25.6. The van der Waals surface area contributed by atoms with Gasteiger partial charge in [0, 0.05) is 24.7 Å². The molecule has 6 heterocycles. The molecule has 0 saturated carbocycles. The van der Waals surface area contributed by atoms with E-state index in [9.17, 15) is 0 Å². The molecule has 4 fully saturated rings. The number of aromatic nitrogens is 4. The van der Waals surface area contributed by atoms with E-state index in [4.69, 9.17) is 9.97 Å². The van der Waals surface area contributed by atoms with Gasteiger partial charge in [0.05, 0.1) is 46.2 Å².